The molecule has 1 saturated heterocycles. The van der Waals surface area contributed by atoms with Crippen molar-refractivity contribution >= 4 is 28.4 Å². The van der Waals surface area contributed by atoms with Crippen LogP contribution in [0.15, 0.2) is 60.8 Å². The van der Waals surface area contributed by atoms with E-state index in [0.29, 0.717) is 38.2 Å². The second-order valence-electron chi connectivity index (χ2n) is 8.33. The lowest BCUT2D eigenvalue weighted by atomic mass is 9.94. The van der Waals surface area contributed by atoms with Gasteiger partial charge in [0.05, 0.1) is 5.54 Å². The molecule has 7 heteroatoms. The van der Waals surface area contributed by atoms with Crippen molar-refractivity contribution in [2.75, 3.05) is 32.1 Å². The highest BCUT2D eigenvalue weighted by molar-refractivity contribution is 6.05. The smallest absolute Gasteiger partial charge is 0.319 e. The number of aryl methyl sites for hydroxylation is 1. The molecule has 4 rings (SSSR count). The molecule has 1 fully saturated rings. The fourth-order valence-electron chi connectivity index (χ4n) is 4.28. The summed E-state index contributed by atoms with van der Waals surface area (Å²) >= 11 is 0. The molecule has 0 radical (unpaired) electrons. The number of amides is 3. The maximum atomic E-state index is 13.3. The molecule has 166 valence electrons. The summed E-state index contributed by atoms with van der Waals surface area (Å²) in [5, 5.41) is 7.84. The number of benzene rings is 2. The van der Waals surface area contributed by atoms with Gasteiger partial charge >= 0.3 is 6.03 Å². The van der Waals surface area contributed by atoms with E-state index in [-0.39, 0.29) is 11.9 Å². The van der Waals surface area contributed by atoms with Gasteiger partial charge in [0.1, 0.15) is 5.69 Å². The minimum absolute atomic E-state index is 0.123. The third-order valence-electron chi connectivity index (χ3n) is 5.96. The first kappa shape index (κ1) is 21.8. The number of methoxy groups -OCH3 is 1. The average molecular weight is 433 g/mol. The summed E-state index contributed by atoms with van der Waals surface area (Å²) in [6, 6.07) is 17.0. The third-order valence-corrected chi connectivity index (χ3v) is 5.96. The van der Waals surface area contributed by atoms with Gasteiger partial charge in [0, 0.05) is 44.1 Å². The number of rotatable bonds is 6. The minimum atomic E-state index is -0.565. The Kier molecular flexibility index (Phi) is 6.37. The Morgan fingerprint density at radius 2 is 2.00 bits per heavy atom. The Balaban J connectivity index is 1.51. The van der Waals surface area contributed by atoms with Gasteiger partial charge in [-0.15, -0.1) is 0 Å². The first-order chi connectivity index (χ1) is 15.5. The molecule has 1 aromatic heterocycles. The topological polar surface area (TPSA) is 83.6 Å². The molecule has 7 nitrogen and oxygen atoms in total. The number of hydrogen-bond acceptors (Lipinski definition) is 4. The van der Waals surface area contributed by atoms with Gasteiger partial charge in [-0.3, -0.25) is 9.78 Å². The second kappa shape index (κ2) is 9.36. The van der Waals surface area contributed by atoms with Crippen LogP contribution in [-0.2, 0) is 4.74 Å². The van der Waals surface area contributed by atoms with Crippen LogP contribution in [-0.4, -0.2) is 54.2 Å². The molecule has 0 saturated carbocycles. The highest BCUT2D eigenvalue weighted by Gasteiger charge is 2.41. The van der Waals surface area contributed by atoms with Crippen LogP contribution < -0.4 is 10.6 Å². The van der Waals surface area contributed by atoms with Gasteiger partial charge in [-0.25, -0.2) is 4.79 Å². The van der Waals surface area contributed by atoms with Gasteiger partial charge in [0.25, 0.3) is 5.91 Å². The molecule has 1 unspecified atom stereocenters. The van der Waals surface area contributed by atoms with Crippen molar-refractivity contribution in [3.63, 3.8) is 0 Å². The number of hydrogen-bond donors (Lipinski definition) is 2. The fourth-order valence-corrected chi connectivity index (χ4v) is 4.28. The van der Waals surface area contributed by atoms with Crippen molar-refractivity contribution in [3.8, 4) is 0 Å². The molecule has 1 atom stereocenters. The quantitative estimate of drug-likeness (QED) is 0.617. The maximum absolute atomic E-state index is 13.3. The lowest BCUT2D eigenvalue weighted by Gasteiger charge is -2.30. The summed E-state index contributed by atoms with van der Waals surface area (Å²) in [7, 11) is 1.64. The number of fused-ring (bicyclic) bond motifs is 1. The number of carbonyl (C=O) groups is 2. The average Bonchev–Trinajstić information content (AvgIpc) is 3.20. The zero-order valence-corrected chi connectivity index (χ0v) is 18.4. The van der Waals surface area contributed by atoms with Gasteiger partial charge in [-0.05, 0) is 48.9 Å². The molecular weight excluding hydrogens is 404 g/mol. The predicted molar refractivity (Wildman–Crippen MR) is 125 cm³/mol. The molecule has 1 aliphatic rings. The number of nitrogens with zero attached hydrogens (tertiary/aromatic N) is 2. The van der Waals surface area contributed by atoms with E-state index >= 15 is 0 Å². The van der Waals surface area contributed by atoms with Gasteiger partial charge < -0.3 is 20.3 Å². The van der Waals surface area contributed by atoms with Crippen molar-refractivity contribution in [2.45, 2.75) is 25.3 Å². The maximum Gasteiger partial charge on any atom is 0.319 e. The minimum Gasteiger partial charge on any atom is -0.385 e. The Morgan fingerprint density at radius 1 is 1.16 bits per heavy atom. The molecular formula is C25H28N4O3. The van der Waals surface area contributed by atoms with E-state index in [4.69, 9.17) is 4.74 Å². The SMILES string of the molecule is COCCC1(NC(=O)Nc2cccc(C)c2)CCN(C(=O)c2nccc3ccccc23)C1. The lowest BCUT2D eigenvalue weighted by Crippen LogP contribution is -2.53. The summed E-state index contributed by atoms with van der Waals surface area (Å²) in [5.74, 6) is -0.123. The molecule has 0 spiro atoms. The van der Waals surface area contributed by atoms with Gasteiger partial charge in [-0.2, -0.15) is 0 Å². The van der Waals surface area contributed by atoms with Crippen LogP contribution in [0.25, 0.3) is 10.8 Å². The number of ether oxygens (including phenoxy) is 1. The van der Waals surface area contributed by atoms with Crippen LogP contribution in [0.5, 0.6) is 0 Å². The molecule has 2 N–H and O–H groups in total. The van der Waals surface area contributed by atoms with Crippen LogP contribution in [0.3, 0.4) is 0 Å². The Bertz CT molecular complexity index is 1130. The zero-order valence-electron chi connectivity index (χ0n) is 18.4. The van der Waals surface area contributed by atoms with E-state index in [9.17, 15) is 9.59 Å². The number of anilines is 1. The normalized spacial score (nSPS) is 18.0. The van der Waals surface area contributed by atoms with Gasteiger partial charge in [-0.1, -0.05) is 36.4 Å². The number of likely N-dealkylation sites (tertiary alicyclic amines) is 1. The summed E-state index contributed by atoms with van der Waals surface area (Å²) in [6.07, 6.45) is 2.92. The van der Waals surface area contributed by atoms with E-state index in [0.717, 1.165) is 22.0 Å². The van der Waals surface area contributed by atoms with Crippen LogP contribution in [0.2, 0.25) is 0 Å². The number of urea groups is 1. The number of nitrogens with one attached hydrogen (secondary N) is 2. The fraction of sp³-hybridized carbons (Fsp3) is 0.320. The highest BCUT2D eigenvalue weighted by Crippen LogP contribution is 2.28. The van der Waals surface area contributed by atoms with Crippen molar-refractivity contribution < 1.29 is 14.3 Å². The Hall–Kier alpha value is -3.45. The van der Waals surface area contributed by atoms with E-state index < -0.39 is 5.54 Å². The zero-order chi connectivity index (χ0) is 22.6. The molecule has 2 aromatic carbocycles. The highest BCUT2D eigenvalue weighted by atomic mass is 16.5. The number of aromatic nitrogens is 1. The Labute approximate surface area is 187 Å². The van der Waals surface area contributed by atoms with E-state index in [1.54, 1.807) is 18.2 Å². The van der Waals surface area contributed by atoms with E-state index in [2.05, 4.69) is 15.6 Å². The number of carbonyl (C=O) groups excluding carboxylic acids is 2. The molecule has 3 aromatic rings. The van der Waals surface area contributed by atoms with Crippen molar-refractivity contribution in [1.82, 2.24) is 15.2 Å². The van der Waals surface area contributed by atoms with Crippen LogP contribution in [0.4, 0.5) is 10.5 Å². The van der Waals surface area contributed by atoms with Crippen molar-refractivity contribution in [2.24, 2.45) is 0 Å². The molecule has 3 amide bonds. The van der Waals surface area contributed by atoms with Crippen LogP contribution in [0.1, 0.15) is 28.9 Å². The monoisotopic (exact) mass is 432 g/mol. The molecule has 0 bridgehead atoms. The van der Waals surface area contributed by atoms with Crippen LogP contribution >= 0.6 is 0 Å². The van der Waals surface area contributed by atoms with Gasteiger partial charge in [0.2, 0.25) is 0 Å². The van der Waals surface area contributed by atoms with E-state index in [1.807, 2.05) is 61.5 Å². The lowest BCUT2D eigenvalue weighted by molar-refractivity contribution is 0.0769. The summed E-state index contributed by atoms with van der Waals surface area (Å²) < 4.78 is 5.29. The predicted octanol–water partition coefficient (Wildman–Crippen LogP) is 3.99. The largest absolute Gasteiger partial charge is 0.385 e. The Morgan fingerprint density at radius 3 is 2.81 bits per heavy atom. The summed E-state index contributed by atoms with van der Waals surface area (Å²) in [4.78, 5) is 32.3. The molecule has 1 aliphatic heterocycles. The first-order valence-corrected chi connectivity index (χ1v) is 10.8. The van der Waals surface area contributed by atoms with E-state index in [1.165, 1.54) is 0 Å². The van der Waals surface area contributed by atoms with Crippen LogP contribution in [0, 0.1) is 6.92 Å². The first-order valence-electron chi connectivity index (χ1n) is 10.8. The molecule has 0 aliphatic carbocycles. The standard InChI is InChI=1S/C25H28N4O3/c1-18-6-5-8-20(16-18)27-24(31)28-25(12-15-32-2)11-14-29(17-25)23(30)22-21-9-4-3-7-19(21)10-13-26-22/h3-10,13,16H,11-12,14-15,17H2,1-2H3,(H2,27,28,31). The van der Waals surface area contributed by atoms with Gasteiger partial charge in [0.15, 0.2) is 0 Å². The summed E-state index contributed by atoms with van der Waals surface area (Å²) in [6.45, 7) is 3.41. The third kappa shape index (κ3) is 4.73. The second-order valence-corrected chi connectivity index (χ2v) is 8.33. The van der Waals surface area contributed by atoms with Crippen molar-refractivity contribution in [3.05, 3.63) is 72.1 Å². The molecule has 2 heterocycles. The number of pyridine rings is 1. The molecule has 32 heavy (non-hydrogen) atoms. The van der Waals surface area contributed by atoms with Crippen molar-refractivity contribution in [1.29, 1.82) is 0 Å². The summed E-state index contributed by atoms with van der Waals surface area (Å²) in [5.41, 5.74) is 1.67.